The molecule has 2 unspecified atom stereocenters. The molecule has 10 nitrogen and oxygen atoms in total. The van der Waals surface area contributed by atoms with Gasteiger partial charge in [0.25, 0.3) is 0 Å². The maximum absolute atomic E-state index is 13.4. The molecule has 2 aliphatic rings. The lowest BCUT2D eigenvalue weighted by Crippen LogP contribution is -2.34. The normalized spacial score (nSPS) is 22.1. The Bertz CT molecular complexity index is 1230. The fourth-order valence-corrected chi connectivity index (χ4v) is 5.64. The van der Waals surface area contributed by atoms with Crippen molar-refractivity contribution in [3.8, 4) is 23.0 Å². The fourth-order valence-electron chi connectivity index (χ4n) is 5.43. The van der Waals surface area contributed by atoms with E-state index >= 15 is 0 Å². The fraction of sp³-hybridized carbons (Fsp3) is 0.562. The summed E-state index contributed by atoms with van der Waals surface area (Å²) in [6, 6.07) is 6.51. The van der Waals surface area contributed by atoms with Crippen molar-refractivity contribution >= 4 is 23.5 Å². The highest BCUT2D eigenvalue weighted by molar-refractivity contribution is 6.31. The van der Waals surface area contributed by atoms with Crippen LogP contribution in [0.15, 0.2) is 24.3 Å². The van der Waals surface area contributed by atoms with Crippen molar-refractivity contribution in [3.05, 3.63) is 46.0 Å². The number of nitrogens with zero attached hydrogens (tertiary/aromatic N) is 2. The molecule has 0 aromatic heterocycles. The van der Waals surface area contributed by atoms with Gasteiger partial charge in [0.05, 0.1) is 45.7 Å². The zero-order valence-electron chi connectivity index (χ0n) is 25.6. The third-order valence-electron chi connectivity index (χ3n) is 7.93. The molecule has 0 aliphatic carbocycles. The van der Waals surface area contributed by atoms with Crippen LogP contribution in [0, 0.1) is 6.92 Å². The summed E-state index contributed by atoms with van der Waals surface area (Å²) in [6.45, 7) is 8.09. The first-order valence-electron chi connectivity index (χ1n) is 14.9. The number of ether oxygens (including phenoxy) is 6. The number of benzene rings is 2. The molecule has 236 valence electrons. The van der Waals surface area contributed by atoms with Gasteiger partial charge in [-0.15, -0.1) is 0 Å². The van der Waals surface area contributed by atoms with Crippen molar-refractivity contribution in [1.82, 2.24) is 9.80 Å². The summed E-state index contributed by atoms with van der Waals surface area (Å²) in [6.07, 6.45) is 3.40. The first-order valence-corrected chi connectivity index (χ1v) is 15.3. The molecular weight excluding hydrogens is 576 g/mol. The molecule has 2 aromatic carbocycles. The van der Waals surface area contributed by atoms with Crippen molar-refractivity contribution in [2.24, 2.45) is 0 Å². The van der Waals surface area contributed by atoms with Crippen LogP contribution in [0.1, 0.15) is 58.4 Å². The summed E-state index contributed by atoms with van der Waals surface area (Å²) in [7, 11) is 4.54. The average molecular weight is 619 g/mol. The van der Waals surface area contributed by atoms with Crippen LogP contribution in [-0.2, 0) is 9.47 Å². The van der Waals surface area contributed by atoms with E-state index in [9.17, 15) is 9.59 Å². The Hall–Kier alpha value is -3.21. The molecule has 3 atom stereocenters. The molecule has 0 N–H and O–H groups in total. The minimum atomic E-state index is -0.459. The Morgan fingerprint density at radius 1 is 0.814 bits per heavy atom. The molecule has 43 heavy (non-hydrogen) atoms. The van der Waals surface area contributed by atoms with Gasteiger partial charge in [-0.3, -0.25) is 0 Å². The van der Waals surface area contributed by atoms with Crippen molar-refractivity contribution in [2.45, 2.75) is 45.1 Å². The topological polar surface area (TPSA) is 96.0 Å². The second-order valence-electron chi connectivity index (χ2n) is 10.8. The second kappa shape index (κ2) is 16.0. The number of hydrogen-bond donors (Lipinski definition) is 0. The number of cyclic esters (lactones) is 1. The lowest BCUT2D eigenvalue weighted by atomic mass is 10.1. The molecule has 1 fully saturated rings. The number of carbonyl (C=O) groups is 2. The van der Waals surface area contributed by atoms with Gasteiger partial charge in [-0.2, -0.15) is 0 Å². The number of methoxy groups -OCH3 is 3. The van der Waals surface area contributed by atoms with Crippen molar-refractivity contribution in [1.29, 1.82) is 0 Å². The van der Waals surface area contributed by atoms with Gasteiger partial charge in [-0.1, -0.05) is 11.6 Å². The zero-order valence-corrected chi connectivity index (χ0v) is 26.4. The van der Waals surface area contributed by atoms with E-state index in [4.69, 9.17) is 40.0 Å². The lowest BCUT2D eigenvalue weighted by molar-refractivity contribution is 0.0221. The van der Waals surface area contributed by atoms with Gasteiger partial charge in [0.15, 0.2) is 11.5 Å². The number of esters is 2. The number of rotatable bonds is 5. The number of fused-ring (bicyclic) bond motifs is 5. The molecule has 2 aliphatic heterocycles. The first-order chi connectivity index (χ1) is 20.8. The third-order valence-corrected chi connectivity index (χ3v) is 8.33. The predicted molar refractivity (Wildman–Crippen MR) is 163 cm³/mol. The largest absolute Gasteiger partial charge is 0.493 e. The average Bonchev–Trinajstić information content (AvgIpc) is 3.25. The molecule has 0 radical (unpaired) electrons. The summed E-state index contributed by atoms with van der Waals surface area (Å²) >= 11 is 6.43. The van der Waals surface area contributed by atoms with Gasteiger partial charge in [0.2, 0.25) is 5.75 Å². The van der Waals surface area contributed by atoms with Gasteiger partial charge in [-0.25, -0.2) is 9.59 Å². The molecule has 0 spiro atoms. The van der Waals surface area contributed by atoms with E-state index in [1.807, 2.05) is 6.92 Å². The Morgan fingerprint density at radius 3 is 2.14 bits per heavy atom. The van der Waals surface area contributed by atoms with Crippen LogP contribution < -0.4 is 18.9 Å². The van der Waals surface area contributed by atoms with E-state index in [0.29, 0.717) is 71.6 Å². The van der Waals surface area contributed by atoms with Crippen LogP contribution in [0.4, 0.5) is 0 Å². The highest BCUT2D eigenvalue weighted by Crippen LogP contribution is 2.38. The second-order valence-corrected chi connectivity index (χ2v) is 11.2. The van der Waals surface area contributed by atoms with Gasteiger partial charge in [0.1, 0.15) is 11.9 Å². The molecule has 0 saturated carbocycles. The molecule has 2 heterocycles. The number of halogens is 1. The van der Waals surface area contributed by atoms with Crippen LogP contribution in [0.2, 0.25) is 5.02 Å². The Morgan fingerprint density at radius 2 is 1.47 bits per heavy atom. The maximum Gasteiger partial charge on any atom is 0.338 e. The highest BCUT2D eigenvalue weighted by atomic mass is 35.5. The molecule has 4 bridgehead atoms. The molecule has 0 amide bonds. The Balaban J connectivity index is 1.52. The standard InChI is InChI=1S/C32H43ClN2O8/c1-22-26(33)18-23-19-27(22)41-16-5-8-25(43-32(37)24-20-28(38-2)30(40-4)29(21-24)39-3)9-13-35-11-6-10-34(14-15-35)12-7-17-42-31(23)36/h18-21,25H,5-17H2,1-4H3/t25-/m1/s1. The van der Waals surface area contributed by atoms with E-state index in [2.05, 4.69) is 9.80 Å². The molecule has 11 heteroatoms. The van der Waals surface area contributed by atoms with E-state index in [0.717, 1.165) is 57.7 Å². The predicted octanol–water partition coefficient (Wildman–Crippen LogP) is 5.02. The van der Waals surface area contributed by atoms with Crippen molar-refractivity contribution in [3.63, 3.8) is 0 Å². The van der Waals surface area contributed by atoms with Gasteiger partial charge in [-0.05, 0) is 76.4 Å². The summed E-state index contributed by atoms with van der Waals surface area (Å²) in [4.78, 5) is 31.0. The van der Waals surface area contributed by atoms with Crippen LogP contribution >= 0.6 is 11.6 Å². The Labute approximate surface area is 259 Å². The smallest absolute Gasteiger partial charge is 0.338 e. The third kappa shape index (κ3) is 8.90. The van der Waals surface area contributed by atoms with Gasteiger partial charge < -0.3 is 38.2 Å². The first kappa shape index (κ1) is 32.7. The highest BCUT2D eigenvalue weighted by Gasteiger charge is 2.23. The molecule has 4 rings (SSSR count). The number of carbonyl (C=O) groups excluding carboxylic acids is 2. The maximum atomic E-state index is 13.4. The minimum Gasteiger partial charge on any atom is -0.493 e. The van der Waals surface area contributed by atoms with E-state index in [1.165, 1.54) is 21.3 Å². The van der Waals surface area contributed by atoms with Crippen molar-refractivity contribution < 1.29 is 38.0 Å². The molecular formula is C32H43ClN2O8. The lowest BCUT2D eigenvalue weighted by Gasteiger charge is -2.25. The van der Waals surface area contributed by atoms with Gasteiger partial charge >= 0.3 is 11.9 Å². The van der Waals surface area contributed by atoms with Crippen LogP contribution in [-0.4, -0.2) is 102 Å². The number of hydrogen-bond acceptors (Lipinski definition) is 10. The van der Waals surface area contributed by atoms with E-state index < -0.39 is 11.9 Å². The van der Waals surface area contributed by atoms with Crippen LogP contribution in [0.25, 0.3) is 0 Å². The monoisotopic (exact) mass is 618 g/mol. The van der Waals surface area contributed by atoms with Crippen LogP contribution in [0.5, 0.6) is 23.0 Å². The summed E-state index contributed by atoms with van der Waals surface area (Å²) < 4.78 is 33.9. The zero-order chi connectivity index (χ0) is 30.8. The quantitative estimate of drug-likeness (QED) is 0.425. The van der Waals surface area contributed by atoms with Crippen molar-refractivity contribution in [2.75, 3.05) is 73.8 Å². The van der Waals surface area contributed by atoms with E-state index in [-0.39, 0.29) is 6.10 Å². The Kier molecular flexibility index (Phi) is 12.2. The summed E-state index contributed by atoms with van der Waals surface area (Å²) in [5, 5.41) is 0.445. The van der Waals surface area contributed by atoms with E-state index in [1.54, 1.807) is 24.3 Å². The van der Waals surface area contributed by atoms with Crippen LogP contribution in [0.3, 0.4) is 0 Å². The summed E-state index contributed by atoms with van der Waals surface area (Å²) in [5.74, 6) is 0.850. The minimum absolute atomic E-state index is 0.320. The SMILES string of the molecule is COc1cc(C(=O)O[C@@H]2CCCOc3cc(cc(Cl)c3C)C(=O)OCCCN3CCCN(CC2)CC3)cc(OC)c1OC. The molecule has 1 saturated heterocycles. The summed E-state index contributed by atoms with van der Waals surface area (Å²) in [5.41, 5.74) is 1.44. The van der Waals surface area contributed by atoms with Gasteiger partial charge in [0, 0.05) is 36.8 Å². The molecule has 2 aromatic rings.